The van der Waals surface area contributed by atoms with E-state index in [4.69, 9.17) is 4.74 Å². The van der Waals surface area contributed by atoms with Gasteiger partial charge < -0.3 is 9.84 Å². The lowest BCUT2D eigenvalue weighted by atomic mass is 9.75. The number of amides is 1. The highest BCUT2D eigenvalue weighted by atomic mass is 16.5. The summed E-state index contributed by atoms with van der Waals surface area (Å²) < 4.78 is 5.61. The zero-order chi connectivity index (χ0) is 15.0. The first kappa shape index (κ1) is 14.3. The van der Waals surface area contributed by atoms with Crippen LogP contribution in [0.3, 0.4) is 0 Å². The highest BCUT2D eigenvalue weighted by molar-refractivity contribution is 5.96. The molecule has 0 radical (unpaired) electrons. The van der Waals surface area contributed by atoms with E-state index in [9.17, 15) is 9.90 Å². The molecule has 0 unspecified atom stereocenters. The number of anilines is 1. The van der Waals surface area contributed by atoms with E-state index < -0.39 is 5.60 Å². The smallest absolute Gasteiger partial charge is 0.228 e. The Morgan fingerprint density at radius 2 is 2.24 bits per heavy atom. The normalized spacial score (nSPS) is 28.0. The molecule has 1 aliphatic heterocycles. The molecule has 0 bridgehead atoms. The van der Waals surface area contributed by atoms with E-state index >= 15 is 0 Å². The molecule has 1 aromatic rings. The summed E-state index contributed by atoms with van der Waals surface area (Å²) >= 11 is 0. The maximum Gasteiger partial charge on any atom is 0.228 e. The number of carbonyl (C=O) groups excluding carboxylic acids is 1. The molecule has 1 saturated carbocycles. The average molecular weight is 290 g/mol. The summed E-state index contributed by atoms with van der Waals surface area (Å²) in [6, 6.07) is 2.07. The molecule has 3 rings (SSSR count). The lowest BCUT2D eigenvalue weighted by Crippen LogP contribution is -2.57. The van der Waals surface area contributed by atoms with Crippen LogP contribution < -0.4 is 9.64 Å². The standard InChI is InChI=1S/C16H22N2O3/c1-3-6-21-13-7-11-4-5-14(19)18(15(11)17-10-13)12-8-16(2,20)9-12/h7,10,12,20H,3-6,8-9H2,1-2H3/t12-,16+. The van der Waals surface area contributed by atoms with Crippen LogP contribution in [0.25, 0.3) is 0 Å². The molecule has 0 atom stereocenters. The van der Waals surface area contributed by atoms with Crippen LogP contribution in [0.1, 0.15) is 45.1 Å². The van der Waals surface area contributed by atoms with E-state index in [1.807, 2.05) is 13.0 Å². The summed E-state index contributed by atoms with van der Waals surface area (Å²) in [5.74, 6) is 1.62. The lowest BCUT2D eigenvalue weighted by Gasteiger charge is -2.47. The molecular formula is C16H22N2O3. The SMILES string of the molecule is CCCOc1cnc2c(c1)CCC(=O)N2[C@H]1C[C@@](C)(O)C1. The molecule has 2 heterocycles. The van der Waals surface area contributed by atoms with Crippen molar-refractivity contribution in [3.63, 3.8) is 0 Å². The van der Waals surface area contributed by atoms with Crippen molar-refractivity contribution in [2.24, 2.45) is 0 Å². The predicted molar refractivity (Wildman–Crippen MR) is 79.5 cm³/mol. The molecular weight excluding hydrogens is 268 g/mol. The first-order valence-electron chi connectivity index (χ1n) is 7.66. The van der Waals surface area contributed by atoms with Crippen molar-refractivity contribution in [2.45, 2.75) is 57.6 Å². The van der Waals surface area contributed by atoms with E-state index in [1.54, 1.807) is 11.1 Å². The van der Waals surface area contributed by atoms with Crippen LogP contribution in [-0.2, 0) is 11.2 Å². The molecule has 0 spiro atoms. The number of nitrogens with zero attached hydrogens (tertiary/aromatic N) is 2. The average Bonchev–Trinajstić information content (AvgIpc) is 2.42. The molecule has 5 nitrogen and oxygen atoms in total. The van der Waals surface area contributed by atoms with Gasteiger partial charge in [0.25, 0.3) is 0 Å². The fraction of sp³-hybridized carbons (Fsp3) is 0.625. The highest BCUT2D eigenvalue weighted by Crippen LogP contribution is 2.40. The van der Waals surface area contributed by atoms with Crippen LogP contribution >= 0.6 is 0 Å². The van der Waals surface area contributed by atoms with Gasteiger partial charge in [0, 0.05) is 12.5 Å². The van der Waals surface area contributed by atoms with E-state index in [-0.39, 0.29) is 11.9 Å². The number of hydrogen-bond donors (Lipinski definition) is 1. The second-order valence-electron chi connectivity index (χ2n) is 6.32. The van der Waals surface area contributed by atoms with E-state index in [1.165, 1.54) is 0 Å². The van der Waals surface area contributed by atoms with Crippen molar-refractivity contribution in [3.05, 3.63) is 17.8 Å². The Balaban J connectivity index is 1.83. The molecule has 114 valence electrons. The number of carbonyl (C=O) groups is 1. The summed E-state index contributed by atoms with van der Waals surface area (Å²) in [5, 5.41) is 9.91. The van der Waals surface area contributed by atoms with Crippen molar-refractivity contribution in [1.82, 2.24) is 4.98 Å². The fourth-order valence-corrected chi connectivity index (χ4v) is 3.18. The number of aromatic nitrogens is 1. The predicted octanol–water partition coefficient (Wildman–Crippen LogP) is 2.06. The zero-order valence-corrected chi connectivity index (χ0v) is 12.6. The maximum absolute atomic E-state index is 12.2. The van der Waals surface area contributed by atoms with Gasteiger partial charge in [0.05, 0.1) is 18.4 Å². The number of aliphatic hydroxyl groups is 1. The van der Waals surface area contributed by atoms with Crippen LogP contribution in [0.2, 0.25) is 0 Å². The second-order valence-corrected chi connectivity index (χ2v) is 6.32. The maximum atomic E-state index is 12.2. The number of pyridine rings is 1. The summed E-state index contributed by atoms with van der Waals surface area (Å²) in [6.45, 7) is 4.55. The second kappa shape index (κ2) is 5.30. The van der Waals surface area contributed by atoms with Gasteiger partial charge in [0.15, 0.2) is 0 Å². The van der Waals surface area contributed by atoms with Gasteiger partial charge in [0.2, 0.25) is 5.91 Å². The minimum Gasteiger partial charge on any atom is -0.492 e. The third-order valence-electron chi connectivity index (χ3n) is 4.21. The number of hydrogen-bond acceptors (Lipinski definition) is 4. The van der Waals surface area contributed by atoms with Gasteiger partial charge in [-0.3, -0.25) is 9.69 Å². The van der Waals surface area contributed by atoms with Crippen molar-refractivity contribution in [1.29, 1.82) is 0 Å². The molecule has 0 saturated heterocycles. The van der Waals surface area contributed by atoms with Crippen molar-refractivity contribution in [3.8, 4) is 5.75 Å². The van der Waals surface area contributed by atoms with Gasteiger partial charge in [-0.2, -0.15) is 0 Å². The molecule has 1 fully saturated rings. The molecule has 1 aromatic heterocycles. The van der Waals surface area contributed by atoms with E-state index in [2.05, 4.69) is 11.9 Å². The third kappa shape index (κ3) is 2.75. The van der Waals surface area contributed by atoms with Crippen LogP contribution in [0.15, 0.2) is 12.3 Å². The van der Waals surface area contributed by atoms with Gasteiger partial charge in [-0.25, -0.2) is 4.98 Å². The molecule has 1 N–H and O–H groups in total. The minimum atomic E-state index is -0.646. The number of aryl methyl sites for hydroxylation is 1. The molecule has 1 aliphatic carbocycles. The van der Waals surface area contributed by atoms with Gasteiger partial charge in [-0.05, 0) is 44.2 Å². The molecule has 2 aliphatic rings. The Labute approximate surface area is 124 Å². The summed E-state index contributed by atoms with van der Waals surface area (Å²) in [6.07, 6.45) is 5.10. The van der Waals surface area contributed by atoms with Gasteiger partial charge >= 0.3 is 0 Å². The Morgan fingerprint density at radius 3 is 2.90 bits per heavy atom. The third-order valence-corrected chi connectivity index (χ3v) is 4.21. The van der Waals surface area contributed by atoms with E-state index in [0.717, 1.165) is 23.6 Å². The zero-order valence-electron chi connectivity index (χ0n) is 12.6. The summed E-state index contributed by atoms with van der Waals surface area (Å²) in [4.78, 5) is 18.5. The Kier molecular flexibility index (Phi) is 3.61. The van der Waals surface area contributed by atoms with Crippen molar-refractivity contribution >= 4 is 11.7 Å². The molecule has 21 heavy (non-hydrogen) atoms. The van der Waals surface area contributed by atoms with E-state index in [0.29, 0.717) is 32.3 Å². The fourth-order valence-electron chi connectivity index (χ4n) is 3.18. The minimum absolute atomic E-state index is 0.0708. The summed E-state index contributed by atoms with van der Waals surface area (Å²) in [5.41, 5.74) is 0.418. The van der Waals surface area contributed by atoms with Gasteiger partial charge in [-0.1, -0.05) is 6.92 Å². The number of ether oxygens (including phenoxy) is 1. The topological polar surface area (TPSA) is 62.7 Å². The van der Waals surface area contributed by atoms with Crippen molar-refractivity contribution in [2.75, 3.05) is 11.5 Å². The van der Waals surface area contributed by atoms with Crippen molar-refractivity contribution < 1.29 is 14.6 Å². The molecule has 5 heteroatoms. The van der Waals surface area contributed by atoms with Crippen LogP contribution in [0, 0.1) is 0 Å². The number of fused-ring (bicyclic) bond motifs is 1. The van der Waals surface area contributed by atoms with Crippen LogP contribution in [0.4, 0.5) is 5.82 Å². The van der Waals surface area contributed by atoms with Crippen LogP contribution in [-0.4, -0.2) is 34.2 Å². The largest absolute Gasteiger partial charge is 0.492 e. The first-order chi connectivity index (χ1) is 10.00. The Hall–Kier alpha value is -1.62. The summed E-state index contributed by atoms with van der Waals surface area (Å²) in [7, 11) is 0. The molecule has 1 amide bonds. The lowest BCUT2D eigenvalue weighted by molar-refractivity contribution is -0.121. The Bertz CT molecular complexity index is 548. The molecule has 0 aromatic carbocycles. The Morgan fingerprint density at radius 1 is 1.48 bits per heavy atom. The first-order valence-corrected chi connectivity index (χ1v) is 7.66. The quantitative estimate of drug-likeness (QED) is 0.922. The van der Waals surface area contributed by atoms with Crippen LogP contribution in [0.5, 0.6) is 5.75 Å². The highest BCUT2D eigenvalue weighted by Gasteiger charge is 2.45. The monoisotopic (exact) mass is 290 g/mol. The number of rotatable bonds is 4. The van der Waals surface area contributed by atoms with Gasteiger partial charge in [-0.15, -0.1) is 0 Å². The van der Waals surface area contributed by atoms with Gasteiger partial charge in [0.1, 0.15) is 11.6 Å².